The zero-order valence-electron chi connectivity index (χ0n) is 14.6. The van der Waals surface area contributed by atoms with Crippen LogP contribution in [0.3, 0.4) is 0 Å². The summed E-state index contributed by atoms with van der Waals surface area (Å²) in [5.74, 6) is -0.720. The number of halogens is 1. The number of hydrogen-bond acceptors (Lipinski definition) is 6. The maximum absolute atomic E-state index is 12.2. The van der Waals surface area contributed by atoms with E-state index in [-0.39, 0.29) is 5.76 Å². The van der Waals surface area contributed by atoms with E-state index in [0.29, 0.717) is 26.2 Å². The number of hydrogen-bond donors (Lipinski definition) is 2. The molecule has 0 spiro atoms. The van der Waals surface area contributed by atoms with Gasteiger partial charge in [0.2, 0.25) is 0 Å². The molecule has 1 heterocycles. The second-order valence-corrected chi connectivity index (χ2v) is 6.73. The summed E-state index contributed by atoms with van der Waals surface area (Å²) in [6.07, 6.45) is 1.44. The SMILES string of the molecule is COc1cc(C=NNC(=O)c2cc3ccccc3o2)cc(I)c1OCC(=O)O. The predicted octanol–water partition coefficient (Wildman–Crippen LogP) is 3.27. The summed E-state index contributed by atoms with van der Waals surface area (Å²) in [6.45, 7) is -0.479. The molecule has 0 saturated carbocycles. The monoisotopic (exact) mass is 494 g/mol. The molecule has 1 amide bonds. The first-order valence-corrected chi connectivity index (χ1v) is 9.10. The highest BCUT2D eigenvalue weighted by atomic mass is 127. The number of nitrogens with one attached hydrogen (secondary N) is 1. The van der Waals surface area contributed by atoms with Gasteiger partial charge >= 0.3 is 11.9 Å². The largest absolute Gasteiger partial charge is 0.493 e. The van der Waals surface area contributed by atoms with E-state index >= 15 is 0 Å². The third-order valence-electron chi connectivity index (χ3n) is 3.62. The number of hydrazone groups is 1. The Morgan fingerprint density at radius 2 is 2.07 bits per heavy atom. The zero-order chi connectivity index (χ0) is 20.1. The van der Waals surface area contributed by atoms with Gasteiger partial charge in [0.1, 0.15) is 5.58 Å². The Morgan fingerprint density at radius 1 is 1.29 bits per heavy atom. The van der Waals surface area contributed by atoms with Gasteiger partial charge in [0.15, 0.2) is 23.9 Å². The smallest absolute Gasteiger partial charge is 0.341 e. The molecule has 0 aliphatic rings. The number of carbonyl (C=O) groups is 2. The zero-order valence-corrected chi connectivity index (χ0v) is 16.8. The summed E-state index contributed by atoms with van der Waals surface area (Å²) < 4.78 is 16.6. The van der Waals surface area contributed by atoms with Crippen molar-refractivity contribution >= 4 is 51.7 Å². The summed E-state index contributed by atoms with van der Waals surface area (Å²) in [4.78, 5) is 22.9. The number of furan rings is 1. The molecular formula is C19H15IN2O6. The van der Waals surface area contributed by atoms with Crippen LogP contribution in [0.4, 0.5) is 0 Å². The molecule has 0 radical (unpaired) electrons. The first-order valence-electron chi connectivity index (χ1n) is 8.02. The quantitative estimate of drug-likeness (QED) is 0.297. The molecule has 2 aromatic carbocycles. The van der Waals surface area contributed by atoms with Crippen molar-refractivity contribution in [2.24, 2.45) is 5.10 Å². The van der Waals surface area contributed by atoms with Crippen LogP contribution >= 0.6 is 22.6 Å². The first-order chi connectivity index (χ1) is 13.5. The van der Waals surface area contributed by atoms with Crippen LogP contribution in [0.5, 0.6) is 11.5 Å². The van der Waals surface area contributed by atoms with Crippen molar-refractivity contribution in [2.45, 2.75) is 0 Å². The average Bonchev–Trinajstić information content (AvgIpc) is 3.11. The van der Waals surface area contributed by atoms with Crippen LogP contribution in [0.1, 0.15) is 16.1 Å². The molecule has 8 nitrogen and oxygen atoms in total. The number of rotatable bonds is 7. The third-order valence-corrected chi connectivity index (χ3v) is 4.42. The fourth-order valence-electron chi connectivity index (χ4n) is 2.40. The molecule has 0 aliphatic heterocycles. The molecule has 3 aromatic rings. The molecule has 144 valence electrons. The summed E-state index contributed by atoms with van der Waals surface area (Å²) in [7, 11) is 1.45. The van der Waals surface area contributed by atoms with Gasteiger partial charge in [0.25, 0.3) is 0 Å². The van der Waals surface area contributed by atoms with Crippen LogP contribution in [-0.4, -0.2) is 36.9 Å². The van der Waals surface area contributed by atoms with Crippen molar-refractivity contribution in [1.82, 2.24) is 5.43 Å². The maximum atomic E-state index is 12.2. The van der Waals surface area contributed by atoms with Crippen molar-refractivity contribution in [3.05, 3.63) is 57.4 Å². The highest BCUT2D eigenvalue weighted by molar-refractivity contribution is 14.1. The molecule has 0 fully saturated rings. The number of carboxylic acids is 1. The van der Waals surface area contributed by atoms with Crippen LogP contribution in [0.2, 0.25) is 0 Å². The normalized spacial score (nSPS) is 10.9. The van der Waals surface area contributed by atoms with Gasteiger partial charge in [-0.1, -0.05) is 18.2 Å². The topological polar surface area (TPSA) is 110 Å². The second-order valence-electron chi connectivity index (χ2n) is 5.56. The van der Waals surface area contributed by atoms with Gasteiger partial charge in [-0.15, -0.1) is 0 Å². The molecule has 0 aliphatic carbocycles. The fourth-order valence-corrected chi connectivity index (χ4v) is 3.18. The van der Waals surface area contributed by atoms with E-state index in [1.165, 1.54) is 13.3 Å². The lowest BCUT2D eigenvalue weighted by atomic mass is 10.2. The van der Waals surface area contributed by atoms with Crippen LogP contribution in [0.15, 0.2) is 52.0 Å². The lowest BCUT2D eigenvalue weighted by Crippen LogP contribution is -2.16. The van der Waals surface area contributed by atoms with Crippen molar-refractivity contribution in [3.8, 4) is 11.5 Å². The van der Waals surface area contributed by atoms with Crippen molar-refractivity contribution in [2.75, 3.05) is 13.7 Å². The molecule has 9 heteroatoms. The fraction of sp³-hybridized carbons (Fsp3) is 0.105. The Hall–Kier alpha value is -3.08. The van der Waals surface area contributed by atoms with E-state index in [2.05, 4.69) is 10.5 Å². The number of fused-ring (bicyclic) bond motifs is 1. The van der Waals surface area contributed by atoms with E-state index in [1.807, 2.05) is 40.8 Å². The number of nitrogens with zero attached hydrogens (tertiary/aromatic N) is 1. The molecule has 28 heavy (non-hydrogen) atoms. The number of carbonyl (C=O) groups excluding carboxylic acids is 1. The minimum atomic E-state index is -1.09. The molecule has 0 saturated heterocycles. The molecule has 0 bridgehead atoms. The Balaban J connectivity index is 1.71. The Kier molecular flexibility index (Phi) is 6.14. The van der Waals surface area contributed by atoms with Crippen molar-refractivity contribution < 1.29 is 28.6 Å². The molecule has 2 N–H and O–H groups in total. The highest BCUT2D eigenvalue weighted by Gasteiger charge is 2.13. The van der Waals surface area contributed by atoms with Crippen molar-refractivity contribution in [3.63, 3.8) is 0 Å². The van der Waals surface area contributed by atoms with Gasteiger partial charge < -0.3 is 19.0 Å². The minimum Gasteiger partial charge on any atom is -0.493 e. The molecule has 3 rings (SSSR count). The Bertz CT molecular complexity index is 1030. The van der Waals surface area contributed by atoms with E-state index in [1.54, 1.807) is 24.3 Å². The summed E-state index contributed by atoms with van der Waals surface area (Å²) in [5.41, 5.74) is 3.66. The number of carboxylic acid groups (broad SMARTS) is 1. The Labute approximate surface area is 173 Å². The van der Waals surface area contributed by atoms with Gasteiger partial charge in [-0.3, -0.25) is 4.79 Å². The molecular weight excluding hydrogens is 479 g/mol. The van der Waals surface area contributed by atoms with Crippen molar-refractivity contribution in [1.29, 1.82) is 0 Å². The van der Waals surface area contributed by atoms with Gasteiger partial charge in [0, 0.05) is 5.39 Å². The summed E-state index contributed by atoms with van der Waals surface area (Å²) in [5, 5.41) is 13.5. The molecule has 1 aromatic heterocycles. The standard InChI is InChI=1S/C19H15IN2O6/c1-26-15-7-11(6-13(20)18(15)27-10-17(23)24)9-21-22-19(25)16-8-12-4-2-3-5-14(12)28-16/h2-9H,10H2,1H3,(H,22,25)(H,23,24). The number of para-hydroxylation sites is 1. The van der Waals surface area contributed by atoms with Crippen LogP contribution in [0.25, 0.3) is 11.0 Å². The number of amides is 1. The second kappa shape index (κ2) is 8.74. The predicted molar refractivity (Wildman–Crippen MR) is 110 cm³/mol. The number of ether oxygens (including phenoxy) is 2. The number of methoxy groups -OCH3 is 1. The number of aliphatic carboxylic acids is 1. The summed E-state index contributed by atoms with van der Waals surface area (Å²) >= 11 is 2.00. The first kappa shape index (κ1) is 19.7. The van der Waals surface area contributed by atoms with E-state index in [9.17, 15) is 9.59 Å². The Morgan fingerprint density at radius 3 is 2.79 bits per heavy atom. The molecule has 0 unspecified atom stereocenters. The van der Waals surface area contributed by atoms with Gasteiger partial charge in [-0.05, 0) is 52.4 Å². The maximum Gasteiger partial charge on any atom is 0.341 e. The van der Waals surface area contributed by atoms with Crippen LogP contribution in [0, 0.1) is 3.57 Å². The van der Waals surface area contributed by atoms with Gasteiger partial charge in [0.05, 0.1) is 16.9 Å². The van der Waals surface area contributed by atoms with E-state index < -0.39 is 18.5 Å². The van der Waals surface area contributed by atoms with E-state index in [0.717, 1.165) is 5.39 Å². The highest BCUT2D eigenvalue weighted by Crippen LogP contribution is 2.33. The van der Waals surface area contributed by atoms with Crippen LogP contribution < -0.4 is 14.9 Å². The third kappa shape index (κ3) is 4.60. The van der Waals surface area contributed by atoms with Gasteiger partial charge in [-0.2, -0.15) is 5.10 Å². The minimum absolute atomic E-state index is 0.155. The lowest BCUT2D eigenvalue weighted by molar-refractivity contribution is -0.139. The number of benzene rings is 2. The van der Waals surface area contributed by atoms with Gasteiger partial charge in [-0.25, -0.2) is 10.2 Å². The molecule has 0 atom stereocenters. The lowest BCUT2D eigenvalue weighted by Gasteiger charge is -2.12. The average molecular weight is 494 g/mol. The summed E-state index contributed by atoms with van der Waals surface area (Å²) in [6, 6.07) is 12.3. The van der Waals surface area contributed by atoms with Crippen LogP contribution in [-0.2, 0) is 4.79 Å². The van der Waals surface area contributed by atoms with E-state index in [4.69, 9.17) is 19.0 Å².